The van der Waals surface area contributed by atoms with Crippen molar-refractivity contribution in [2.75, 3.05) is 0 Å². The lowest BCUT2D eigenvalue weighted by Gasteiger charge is -2.24. The number of rotatable bonds is 6. The number of benzene rings is 1. The van der Waals surface area contributed by atoms with Crippen LogP contribution in [-0.4, -0.2) is 32.7 Å². The largest absolute Gasteiger partial charge is 0.349 e. The molecule has 0 aliphatic heterocycles. The normalized spacial score (nSPS) is 20.8. The fraction of sp³-hybridized carbons (Fsp3) is 0.400. The maximum Gasteiger partial charge on any atom is 0.251 e. The van der Waals surface area contributed by atoms with Gasteiger partial charge in [-0.15, -0.1) is 0 Å². The molecule has 0 unspecified atom stereocenters. The van der Waals surface area contributed by atoms with Crippen LogP contribution in [0.3, 0.4) is 0 Å². The average Bonchev–Trinajstić information content (AvgIpc) is 3.37. The summed E-state index contributed by atoms with van der Waals surface area (Å²) in [5.74, 6) is -0.460. The summed E-state index contributed by atoms with van der Waals surface area (Å²) in [6, 6.07) is 13.6. The third kappa shape index (κ3) is 3.88. The number of pyridine rings is 1. The van der Waals surface area contributed by atoms with E-state index < -0.39 is 5.91 Å². The van der Waals surface area contributed by atoms with Crippen LogP contribution in [0.4, 0.5) is 0 Å². The van der Waals surface area contributed by atoms with Gasteiger partial charge >= 0.3 is 0 Å². The van der Waals surface area contributed by atoms with E-state index in [2.05, 4.69) is 11.4 Å². The molecule has 2 saturated carbocycles. The number of carbonyl (C=O) groups excluding carboxylic acids is 2. The maximum absolute atomic E-state index is 12.7. The molecule has 2 aliphatic carbocycles. The molecule has 5 rings (SSSR count). The van der Waals surface area contributed by atoms with Crippen molar-refractivity contribution in [3.63, 3.8) is 0 Å². The summed E-state index contributed by atoms with van der Waals surface area (Å²) in [6.07, 6.45) is 8.71. The van der Waals surface area contributed by atoms with Crippen LogP contribution < -0.4 is 10.8 Å². The molecule has 0 spiro atoms. The fourth-order valence-electron chi connectivity index (χ4n) is 5.02. The lowest BCUT2D eigenvalue weighted by molar-refractivity contribution is -0.133. The Kier molecular flexibility index (Phi) is 5.66. The quantitative estimate of drug-likeness (QED) is 0.410. The van der Waals surface area contributed by atoms with Gasteiger partial charge in [0.15, 0.2) is 0 Å². The highest BCUT2D eigenvalue weighted by atomic mass is 16.5. The molecular formula is C25H28N4O3. The number of hydroxylamine groups is 1. The van der Waals surface area contributed by atoms with Crippen molar-refractivity contribution < 1.29 is 14.8 Å². The molecule has 0 bridgehead atoms. The molecule has 2 aromatic heterocycles. The third-order valence-corrected chi connectivity index (χ3v) is 7.04. The van der Waals surface area contributed by atoms with Crippen LogP contribution in [0.1, 0.15) is 71.6 Å². The van der Waals surface area contributed by atoms with Gasteiger partial charge in [-0.05, 0) is 55.5 Å². The van der Waals surface area contributed by atoms with Crippen molar-refractivity contribution in [3.8, 4) is 0 Å². The second-order valence-corrected chi connectivity index (χ2v) is 8.99. The van der Waals surface area contributed by atoms with E-state index in [9.17, 15) is 9.59 Å². The van der Waals surface area contributed by atoms with Crippen LogP contribution in [0, 0.1) is 5.92 Å². The van der Waals surface area contributed by atoms with Gasteiger partial charge in [0, 0.05) is 35.7 Å². The van der Waals surface area contributed by atoms with E-state index >= 15 is 0 Å². The Bertz CT molecular complexity index is 1130. The Morgan fingerprint density at radius 1 is 1.03 bits per heavy atom. The highest BCUT2D eigenvalue weighted by molar-refractivity contribution is 5.95. The van der Waals surface area contributed by atoms with Crippen molar-refractivity contribution in [1.82, 2.24) is 20.4 Å². The number of carbonyl (C=O) groups is 2. The smallest absolute Gasteiger partial charge is 0.251 e. The minimum Gasteiger partial charge on any atom is -0.349 e. The van der Waals surface area contributed by atoms with Gasteiger partial charge in [0.2, 0.25) is 5.91 Å². The fourth-order valence-corrected chi connectivity index (χ4v) is 5.02. The summed E-state index contributed by atoms with van der Waals surface area (Å²) in [7, 11) is 0. The summed E-state index contributed by atoms with van der Waals surface area (Å²) in [6.45, 7) is 0. The van der Waals surface area contributed by atoms with Crippen molar-refractivity contribution in [3.05, 3.63) is 71.0 Å². The number of nitrogens with zero attached hydrogens (tertiary/aromatic N) is 2. The molecule has 2 fully saturated rings. The molecular weight excluding hydrogens is 404 g/mol. The van der Waals surface area contributed by atoms with Crippen molar-refractivity contribution in [1.29, 1.82) is 0 Å². The molecule has 2 amide bonds. The Balaban J connectivity index is 1.31. The first-order valence-corrected chi connectivity index (χ1v) is 11.4. The summed E-state index contributed by atoms with van der Waals surface area (Å²) < 4.78 is 1.98. The lowest BCUT2D eigenvalue weighted by atomic mass is 9.80. The summed E-state index contributed by atoms with van der Waals surface area (Å²) in [5.41, 5.74) is 7.05. The molecule has 0 saturated heterocycles. The Morgan fingerprint density at radius 2 is 1.81 bits per heavy atom. The van der Waals surface area contributed by atoms with E-state index in [-0.39, 0.29) is 17.9 Å². The second-order valence-electron chi connectivity index (χ2n) is 8.99. The van der Waals surface area contributed by atoms with Crippen molar-refractivity contribution in [2.45, 2.75) is 56.9 Å². The first-order valence-electron chi connectivity index (χ1n) is 11.4. The van der Waals surface area contributed by atoms with Gasteiger partial charge in [0.25, 0.3) is 5.91 Å². The van der Waals surface area contributed by atoms with Crippen LogP contribution in [0.25, 0.3) is 5.52 Å². The van der Waals surface area contributed by atoms with E-state index in [1.807, 2.05) is 47.1 Å². The van der Waals surface area contributed by atoms with Gasteiger partial charge in [0.05, 0.1) is 17.1 Å². The van der Waals surface area contributed by atoms with Crippen molar-refractivity contribution in [2.24, 2.45) is 5.92 Å². The van der Waals surface area contributed by atoms with Crippen molar-refractivity contribution >= 4 is 17.3 Å². The molecule has 7 heteroatoms. The van der Waals surface area contributed by atoms with Gasteiger partial charge in [-0.1, -0.05) is 31.0 Å². The molecule has 7 nitrogen and oxygen atoms in total. The monoisotopic (exact) mass is 432 g/mol. The number of hydrogen-bond donors (Lipinski definition) is 3. The summed E-state index contributed by atoms with van der Waals surface area (Å²) in [4.78, 5) is 24.5. The van der Waals surface area contributed by atoms with Gasteiger partial charge < -0.3 is 5.32 Å². The number of amides is 2. The van der Waals surface area contributed by atoms with E-state index in [0.717, 1.165) is 30.3 Å². The van der Waals surface area contributed by atoms with Gasteiger partial charge in [0.1, 0.15) is 0 Å². The first-order chi connectivity index (χ1) is 15.6. The predicted octanol–water partition coefficient (Wildman–Crippen LogP) is 3.60. The third-order valence-electron chi connectivity index (χ3n) is 7.04. The Morgan fingerprint density at radius 3 is 2.53 bits per heavy atom. The first kappa shape index (κ1) is 20.7. The van der Waals surface area contributed by atoms with E-state index in [4.69, 9.17) is 10.3 Å². The molecule has 3 aromatic rings. The van der Waals surface area contributed by atoms with Crippen LogP contribution >= 0.6 is 0 Å². The van der Waals surface area contributed by atoms with E-state index in [1.165, 1.54) is 30.5 Å². The number of hydrogen-bond acceptors (Lipinski definition) is 4. The standard InChI is InChI=1S/C25H28N4O3/c30-24(26-21-8-4-7-19(21)25(31)28-32)18-12-10-16(11-13-18)15-20-22-9-1-2-14-29(22)27-23(20)17-5-3-6-17/h1-2,9-14,17,19,21,32H,3-8,15H2,(H,26,30)(H,28,31)/t19-,21+/m0/s1. The zero-order valence-electron chi connectivity index (χ0n) is 18.0. The molecule has 2 atom stereocenters. The second kappa shape index (κ2) is 8.74. The maximum atomic E-state index is 12.7. The van der Waals surface area contributed by atoms with Gasteiger partial charge in [-0.2, -0.15) is 5.10 Å². The Hall–Kier alpha value is -3.19. The van der Waals surface area contributed by atoms with Crippen LogP contribution in [-0.2, 0) is 11.2 Å². The van der Waals surface area contributed by atoms with Crippen LogP contribution in [0.2, 0.25) is 0 Å². The van der Waals surface area contributed by atoms with Gasteiger partial charge in [-0.3, -0.25) is 14.8 Å². The molecule has 166 valence electrons. The highest BCUT2D eigenvalue weighted by Crippen LogP contribution is 2.39. The zero-order valence-corrected chi connectivity index (χ0v) is 18.0. The Labute approximate surface area is 186 Å². The summed E-state index contributed by atoms with van der Waals surface area (Å²) in [5, 5.41) is 16.8. The predicted molar refractivity (Wildman–Crippen MR) is 120 cm³/mol. The average molecular weight is 433 g/mol. The molecule has 0 radical (unpaired) electrons. The van der Waals surface area contributed by atoms with E-state index in [1.54, 1.807) is 5.48 Å². The number of nitrogens with one attached hydrogen (secondary N) is 2. The molecule has 1 aromatic carbocycles. The molecule has 32 heavy (non-hydrogen) atoms. The number of fused-ring (bicyclic) bond motifs is 1. The SMILES string of the molecule is O=C(N[C@@H]1CCC[C@@H]1C(=O)NO)c1ccc(Cc2c(C3CCC3)nn3ccccc23)cc1. The zero-order chi connectivity index (χ0) is 22.1. The molecule has 3 N–H and O–H groups in total. The lowest BCUT2D eigenvalue weighted by Crippen LogP contribution is -2.43. The van der Waals surface area contributed by atoms with Crippen LogP contribution in [0.5, 0.6) is 0 Å². The van der Waals surface area contributed by atoms with Crippen LogP contribution in [0.15, 0.2) is 48.7 Å². The van der Waals surface area contributed by atoms with Gasteiger partial charge in [-0.25, -0.2) is 10.00 Å². The molecule has 2 aliphatic rings. The minimum absolute atomic E-state index is 0.190. The summed E-state index contributed by atoms with van der Waals surface area (Å²) >= 11 is 0. The topological polar surface area (TPSA) is 95.7 Å². The number of aromatic nitrogens is 2. The molecule has 2 heterocycles. The van der Waals surface area contributed by atoms with E-state index in [0.29, 0.717) is 17.9 Å². The minimum atomic E-state index is -0.432. The highest BCUT2D eigenvalue weighted by Gasteiger charge is 2.34.